The molecule has 0 aliphatic carbocycles. The minimum atomic E-state index is -0.974. The summed E-state index contributed by atoms with van der Waals surface area (Å²) in [5.74, 6) is -1.83. The number of benzene rings is 2. The van der Waals surface area contributed by atoms with E-state index in [2.05, 4.69) is 9.97 Å². The Morgan fingerprint density at radius 2 is 1.81 bits per heavy atom. The van der Waals surface area contributed by atoms with Crippen molar-refractivity contribution in [3.8, 4) is 11.4 Å². The van der Waals surface area contributed by atoms with Crippen LogP contribution in [0.25, 0.3) is 22.3 Å². The molecule has 0 saturated carbocycles. The monoisotopic (exact) mass is 304 g/mol. The summed E-state index contributed by atoms with van der Waals surface area (Å²) in [6.07, 6.45) is 0. The summed E-state index contributed by atoms with van der Waals surface area (Å²) in [7, 11) is 0. The Bertz CT molecular complexity index is 863. The summed E-state index contributed by atoms with van der Waals surface area (Å²) >= 11 is 6.18. The third-order valence-electron chi connectivity index (χ3n) is 3.28. The van der Waals surface area contributed by atoms with E-state index in [0.717, 1.165) is 17.2 Å². The van der Waals surface area contributed by atoms with E-state index in [9.17, 15) is 8.78 Å². The first-order valence-corrected chi connectivity index (χ1v) is 6.74. The van der Waals surface area contributed by atoms with Gasteiger partial charge in [-0.1, -0.05) is 29.3 Å². The quantitative estimate of drug-likeness (QED) is 0.601. The predicted octanol–water partition coefficient (Wildman–Crippen LogP) is 4.85. The summed E-state index contributed by atoms with van der Waals surface area (Å²) in [6.45, 7) is 3.84. The molecule has 3 rings (SSSR count). The second kappa shape index (κ2) is 5.04. The van der Waals surface area contributed by atoms with E-state index in [-0.39, 0.29) is 16.5 Å². The molecule has 0 amide bonds. The van der Waals surface area contributed by atoms with E-state index in [1.165, 1.54) is 12.1 Å². The maximum absolute atomic E-state index is 13.9. The first-order chi connectivity index (χ1) is 9.97. The molecule has 5 heteroatoms. The Morgan fingerprint density at radius 3 is 2.57 bits per heavy atom. The number of hydrogen-bond acceptors (Lipinski definition) is 2. The molecular weight excluding hydrogens is 294 g/mol. The average molecular weight is 305 g/mol. The first kappa shape index (κ1) is 13.9. The van der Waals surface area contributed by atoms with Crippen molar-refractivity contribution in [2.75, 3.05) is 0 Å². The third-order valence-corrected chi connectivity index (χ3v) is 3.57. The lowest BCUT2D eigenvalue weighted by molar-refractivity contribution is 0.510. The van der Waals surface area contributed by atoms with Gasteiger partial charge in [-0.15, -0.1) is 0 Å². The van der Waals surface area contributed by atoms with Crippen molar-refractivity contribution >= 4 is 22.5 Å². The van der Waals surface area contributed by atoms with Gasteiger partial charge in [-0.3, -0.25) is 0 Å². The molecule has 106 valence electrons. The van der Waals surface area contributed by atoms with Crippen molar-refractivity contribution < 1.29 is 8.78 Å². The van der Waals surface area contributed by atoms with Crippen molar-refractivity contribution in [2.45, 2.75) is 13.8 Å². The van der Waals surface area contributed by atoms with Crippen LogP contribution in [0.15, 0.2) is 30.3 Å². The highest BCUT2D eigenvalue weighted by Gasteiger charge is 2.15. The molecule has 0 aliphatic heterocycles. The van der Waals surface area contributed by atoms with Crippen molar-refractivity contribution in [1.29, 1.82) is 0 Å². The lowest BCUT2D eigenvalue weighted by Gasteiger charge is -2.09. The van der Waals surface area contributed by atoms with Crippen LogP contribution < -0.4 is 0 Å². The Balaban J connectivity index is 2.33. The number of nitrogens with zero attached hydrogens (tertiary/aromatic N) is 2. The van der Waals surface area contributed by atoms with Crippen LogP contribution in [0.5, 0.6) is 0 Å². The van der Waals surface area contributed by atoms with E-state index < -0.39 is 11.6 Å². The van der Waals surface area contributed by atoms with E-state index in [0.29, 0.717) is 10.9 Å². The zero-order chi connectivity index (χ0) is 15.1. The van der Waals surface area contributed by atoms with Gasteiger partial charge in [-0.05, 0) is 37.6 Å². The summed E-state index contributed by atoms with van der Waals surface area (Å²) in [6, 6.07) is 7.72. The van der Waals surface area contributed by atoms with Gasteiger partial charge in [0.05, 0.1) is 11.1 Å². The van der Waals surface area contributed by atoms with Gasteiger partial charge in [0.25, 0.3) is 0 Å². The fourth-order valence-electron chi connectivity index (χ4n) is 2.35. The summed E-state index contributed by atoms with van der Waals surface area (Å²) in [5, 5.41) is 0.931. The van der Waals surface area contributed by atoms with E-state index in [1.54, 1.807) is 0 Å². The van der Waals surface area contributed by atoms with E-state index >= 15 is 0 Å². The highest BCUT2D eigenvalue weighted by molar-refractivity contribution is 6.34. The molecule has 3 aromatic rings. The standard InChI is InChI=1S/C16H11ClF2N2/c1-8-6-9(2)14-11(7-8)15(17)21-16(20-14)10-4-3-5-12(18)13(10)19/h3-7H,1-2H3. The minimum absolute atomic E-state index is 0.00113. The normalized spacial score (nSPS) is 11.1. The van der Waals surface area contributed by atoms with Crippen LogP contribution in [0.3, 0.4) is 0 Å². The second-order valence-electron chi connectivity index (χ2n) is 4.92. The number of halogens is 3. The van der Waals surface area contributed by atoms with Crippen molar-refractivity contribution in [2.24, 2.45) is 0 Å². The van der Waals surface area contributed by atoms with Gasteiger partial charge in [0.15, 0.2) is 17.5 Å². The van der Waals surface area contributed by atoms with Crippen LogP contribution in [0.2, 0.25) is 5.15 Å². The van der Waals surface area contributed by atoms with Crippen LogP contribution in [0, 0.1) is 25.5 Å². The molecule has 0 bridgehead atoms. The van der Waals surface area contributed by atoms with Gasteiger partial charge in [-0.25, -0.2) is 18.7 Å². The molecular formula is C16H11ClF2N2. The minimum Gasteiger partial charge on any atom is -0.227 e. The topological polar surface area (TPSA) is 25.8 Å². The molecule has 0 unspecified atom stereocenters. The zero-order valence-corrected chi connectivity index (χ0v) is 12.2. The molecule has 21 heavy (non-hydrogen) atoms. The molecule has 2 nitrogen and oxygen atoms in total. The Labute approximate surface area is 125 Å². The highest BCUT2D eigenvalue weighted by Crippen LogP contribution is 2.29. The Hall–Kier alpha value is -2.07. The predicted molar refractivity (Wildman–Crippen MR) is 79.4 cm³/mol. The number of aromatic nitrogens is 2. The molecule has 0 N–H and O–H groups in total. The van der Waals surface area contributed by atoms with Gasteiger partial charge in [0, 0.05) is 5.39 Å². The molecule has 0 saturated heterocycles. The van der Waals surface area contributed by atoms with E-state index in [1.807, 2.05) is 26.0 Å². The Morgan fingerprint density at radius 1 is 1.05 bits per heavy atom. The van der Waals surface area contributed by atoms with Crippen molar-refractivity contribution in [3.05, 3.63) is 58.2 Å². The largest absolute Gasteiger partial charge is 0.227 e. The number of fused-ring (bicyclic) bond motifs is 1. The molecule has 0 fully saturated rings. The maximum Gasteiger partial charge on any atom is 0.169 e. The van der Waals surface area contributed by atoms with Crippen molar-refractivity contribution in [1.82, 2.24) is 9.97 Å². The molecule has 0 radical (unpaired) electrons. The number of rotatable bonds is 1. The summed E-state index contributed by atoms with van der Waals surface area (Å²) in [5.41, 5.74) is 2.58. The lowest BCUT2D eigenvalue weighted by Crippen LogP contribution is -1.97. The van der Waals surface area contributed by atoms with Crippen LogP contribution >= 0.6 is 11.6 Å². The number of aryl methyl sites for hydroxylation is 2. The van der Waals surface area contributed by atoms with E-state index in [4.69, 9.17) is 11.6 Å². The second-order valence-corrected chi connectivity index (χ2v) is 5.28. The maximum atomic E-state index is 13.9. The van der Waals surface area contributed by atoms with Crippen LogP contribution in [0.4, 0.5) is 8.78 Å². The van der Waals surface area contributed by atoms with Crippen LogP contribution in [-0.4, -0.2) is 9.97 Å². The average Bonchev–Trinajstić information content (AvgIpc) is 2.43. The van der Waals surface area contributed by atoms with Crippen LogP contribution in [0.1, 0.15) is 11.1 Å². The molecule has 1 heterocycles. The molecule has 1 aromatic heterocycles. The van der Waals surface area contributed by atoms with Gasteiger partial charge in [0.2, 0.25) is 0 Å². The highest BCUT2D eigenvalue weighted by atomic mass is 35.5. The SMILES string of the molecule is Cc1cc(C)c2nc(-c3cccc(F)c3F)nc(Cl)c2c1. The summed E-state index contributed by atoms with van der Waals surface area (Å²) < 4.78 is 27.2. The summed E-state index contributed by atoms with van der Waals surface area (Å²) in [4.78, 5) is 8.45. The number of hydrogen-bond donors (Lipinski definition) is 0. The first-order valence-electron chi connectivity index (χ1n) is 6.36. The third kappa shape index (κ3) is 2.36. The van der Waals surface area contributed by atoms with Gasteiger partial charge in [0.1, 0.15) is 5.15 Å². The molecule has 2 aromatic carbocycles. The lowest BCUT2D eigenvalue weighted by atomic mass is 10.1. The smallest absolute Gasteiger partial charge is 0.169 e. The fourth-order valence-corrected chi connectivity index (χ4v) is 2.57. The van der Waals surface area contributed by atoms with Gasteiger partial charge in [-0.2, -0.15) is 0 Å². The molecule has 0 atom stereocenters. The molecule has 0 aliphatic rings. The fraction of sp³-hybridized carbons (Fsp3) is 0.125. The van der Waals surface area contributed by atoms with Crippen LogP contribution in [-0.2, 0) is 0 Å². The van der Waals surface area contributed by atoms with Gasteiger partial charge < -0.3 is 0 Å². The molecule has 0 spiro atoms. The van der Waals surface area contributed by atoms with Crippen molar-refractivity contribution in [3.63, 3.8) is 0 Å². The zero-order valence-electron chi connectivity index (χ0n) is 11.4. The van der Waals surface area contributed by atoms with Gasteiger partial charge >= 0.3 is 0 Å². The Kier molecular flexibility index (Phi) is 3.33.